The summed E-state index contributed by atoms with van der Waals surface area (Å²) in [7, 11) is 10.3. The molecule has 1 saturated heterocycles. The number of carbonyl (C=O) groups is 11. The predicted molar refractivity (Wildman–Crippen MR) is 399 cm³/mol. The molecule has 1 aromatic carbocycles. The number of fused-ring (bicyclic) bond motifs is 1. The number of nitrogens with one attached hydrogen (secondary N) is 2. The van der Waals surface area contributed by atoms with Crippen LogP contribution >= 0.6 is 0 Å². The van der Waals surface area contributed by atoms with E-state index in [-0.39, 0.29) is 74.4 Å². The molecule has 1 aliphatic heterocycles. The molecule has 1 aromatic heterocycles. The number of ketones is 2. The smallest absolute Gasteiger partial charge is 0.246 e. The number of unbranched alkanes of at least 4 members (excludes halogenated alkanes) is 1. The minimum atomic E-state index is -1.55. The molecule has 0 saturated carbocycles. The maximum atomic E-state index is 15.6. The van der Waals surface area contributed by atoms with Gasteiger partial charge in [0.05, 0.1) is 17.5 Å². The standard InChI is InChI=1S/C79H128N10O13/c1-25-27-34-53(15)70(93)69-66(92)46-56(26-2)74(97)82(18)59(37-30-28-29-33-39-89-40-38-64(90)57-35-31-32-36-58(57)89)75(98)83(19)61(42-48(5)6)72(95)81-67(51(11)12)78(101)84(20)60(41-47(3)4)71(94)80-55(17)65(91)45-54(16)73(96)85(21)62(43-49(7)8)76(99)86(22)63(44-50(9)10)77(100)87(23)68(52(13)14)79(102)88(69)24/h25,27-28,30-32,35-36,38,40,47-56,59-63,67-70,93H,26,29,33-34,37,39,41-46H2,1-24H3,(H2,80,81,94,95)/p+1/b27-25+,30-28+/t53-,54+,55+,56-,59?,60+,61+,62+,63+,67+,68+,69-,70-/m1/s1. The number of likely N-dealkylation sites (N-methyl/N-ethyl adjacent to an activating group) is 7. The average Bonchev–Trinajstić information content (AvgIpc) is 0.802. The van der Waals surface area contributed by atoms with Gasteiger partial charge >= 0.3 is 0 Å². The number of hydrogen-bond donors (Lipinski definition) is 4. The van der Waals surface area contributed by atoms with Crippen molar-refractivity contribution in [1.29, 1.82) is 0 Å². The van der Waals surface area contributed by atoms with Crippen LogP contribution in [0.15, 0.2) is 60.8 Å². The second-order valence-electron chi connectivity index (χ2n) is 31.2. The Bertz CT molecular complexity index is 3240. The van der Waals surface area contributed by atoms with Gasteiger partial charge in [0.1, 0.15) is 60.6 Å². The number of Topliss-reactive ketones (excluding diaryl/α,β-unsaturated/α-hetero) is 2. The molecule has 572 valence electrons. The third kappa shape index (κ3) is 24.0. The zero-order chi connectivity index (χ0) is 77.6. The van der Waals surface area contributed by atoms with E-state index in [1.807, 2.05) is 116 Å². The van der Waals surface area contributed by atoms with Gasteiger partial charge < -0.3 is 55.1 Å². The second kappa shape index (κ2) is 41.1. The van der Waals surface area contributed by atoms with Gasteiger partial charge in [0.2, 0.25) is 58.7 Å². The topological polar surface area (TPSA) is 279 Å². The van der Waals surface area contributed by atoms with E-state index in [0.29, 0.717) is 31.2 Å². The summed E-state index contributed by atoms with van der Waals surface area (Å²) in [5.74, 6) is -10.9. The van der Waals surface area contributed by atoms with Gasteiger partial charge in [0.25, 0.3) is 0 Å². The lowest BCUT2D eigenvalue weighted by Crippen LogP contribution is -2.61. The van der Waals surface area contributed by atoms with Gasteiger partial charge in [0, 0.05) is 92.6 Å². The van der Waals surface area contributed by atoms with Gasteiger partial charge in [-0.15, -0.1) is 0 Å². The Labute approximate surface area is 609 Å². The van der Waals surface area contributed by atoms with Gasteiger partial charge in [-0.2, -0.15) is 4.57 Å². The molecule has 0 aliphatic carbocycles. The third-order valence-corrected chi connectivity index (χ3v) is 20.2. The minimum absolute atomic E-state index is 0.0267. The maximum Gasteiger partial charge on any atom is 0.246 e. The van der Waals surface area contributed by atoms with Crippen LogP contribution < -0.4 is 15.2 Å². The molecule has 1 fully saturated rings. The van der Waals surface area contributed by atoms with Crippen LogP contribution in [0.4, 0.5) is 0 Å². The van der Waals surface area contributed by atoms with Gasteiger partial charge in [-0.05, 0) is 113 Å². The molecule has 2 heterocycles. The summed E-state index contributed by atoms with van der Waals surface area (Å²) < 4.78 is 2.04. The number of carbonyl (C=O) groups excluding carboxylic acids is 11. The molecule has 23 nitrogen and oxygen atoms in total. The summed E-state index contributed by atoms with van der Waals surface area (Å²) in [4.78, 5) is 175. The number of rotatable bonds is 21. The van der Waals surface area contributed by atoms with E-state index in [9.17, 15) is 29.4 Å². The van der Waals surface area contributed by atoms with Crippen LogP contribution in [0.5, 0.6) is 5.75 Å². The lowest BCUT2D eigenvalue weighted by atomic mass is 9.86. The highest BCUT2D eigenvalue weighted by molar-refractivity contribution is 6.00. The molecule has 3 rings (SSSR count). The fourth-order valence-electron chi connectivity index (χ4n) is 13.8. The Hall–Kier alpha value is -7.56. The summed E-state index contributed by atoms with van der Waals surface area (Å²) in [6.45, 7) is 31.0. The molecule has 0 bridgehead atoms. The normalized spacial score (nSPS) is 25.4. The number of para-hydroxylation sites is 1. The molecule has 4 N–H and O–H groups in total. The number of aliphatic hydroxyl groups is 1. The van der Waals surface area contributed by atoms with Crippen molar-refractivity contribution in [2.45, 2.75) is 255 Å². The average molecular weight is 1430 g/mol. The van der Waals surface area contributed by atoms with Crippen molar-refractivity contribution in [2.75, 3.05) is 49.3 Å². The number of hydrogen-bond acceptors (Lipinski definition) is 13. The van der Waals surface area contributed by atoms with Crippen LogP contribution in [0.2, 0.25) is 0 Å². The first-order chi connectivity index (χ1) is 47.6. The number of nitrogens with zero attached hydrogens (tertiary/aromatic N) is 8. The molecular weight excluding hydrogens is 1300 g/mol. The Balaban J connectivity index is 2.40. The van der Waals surface area contributed by atoms with Crippen LogP contribution in [0.3, 0.4) is 0 Å². The quantitative estimate of drug-likeness (QED) is 0.0520. The molecular formula is C79H129N10O13+. The largest absolute Gasteiger partial charge is 0.507 e. The number of allylic oxidation sites excluding steroid dienone is 3. The van der Waals surface area contributed by atoms with Crippen LogP contribution in [-0.4, -0.2) is 219 Å². The predicted octanol–water partition coefficient (Wildman–Crippen LogP) is 8.39. The van der Waals surface area contributed by atoms with Gasteiger partial charge in [-0.25, -0.2) is 0 Å². The molecule has 1 unspecified atom stereocenters. The lowest BCUT2D eigenvalue weighted by molar-refractivity contribution is -0.671. The molecule has 9 amide bonds. The molecule has 0 radical (unpaired) electrons. The fraction of sp³-hybridized carbons (Fsp3) is 0.696. The highest BCUT2D eigenvalue weighted by Crippen LogP contribution is 2.29. The fourth-order valence-corrected chi connectivity index (χ4v) is 13.8. The first kappa shape index (κ1) is 88.7. The van der Waals surface area contributed by atoms with E-state index in [1.54, 1.807) is 60.6 Å². The van der Waals surface area contributed by atoms with Gasteiger partial charge in [-0.3, -0.25) is 52.7 Å². The highest BCUT2D eigenvalue weighted by Gasteiger charge is 2.46. The summed E-state index contributed by atoms with van der Waals surface area (Å²) in [5, 5.41) is 29.4. The number of benzene rings is 1. The third-order valence-electron chi connectivity index (χ3n) is 20.2. The molecule has 102 heavy (non-hydrogen) atoms. The van der Waals surface area contributed by atoms with E-state index in [1.165, 1.54) is 90.6 Å². The van der Waals surface area contributed by atoms with Crippen LogP contribution in [0, 0.1) is 53.3 Å². The summed E-state index contributed by atoms with van der Waals surface area (Å²) in [6, 6.07) is -1.86. The molecule has 13 atom stereocenters. The zero-order valence-corrected chi connectivity index (χ0v) is 66.2. The van der Waals surface area contributed by atoms with Crippen LogP contribution in [0.1, 0.15) is 188 Å². The summed E-state index contributed by atoms with van der Waals surface area (Å²) in [6.07, 6.45) is 9.09. The molecule has 23 heteroatoms. The minimum Gasteiger partial charge on any atom is -0.507 e. The molecule has 2 aromatic rings. The van der Waals surface area contributed by atoms with Gasteiger partial charge in [-0.1, -0.05) is 140 Å². The zero-order valence-electron chi connectivity index (χ0n) is 66.2. The Kier molecular flexibility index (Phi) is 35.7. The Morgan fingerprint density at radius 3 is 1.51 bits per heavy atom. The number of aromatic nitrogens is 1. The van der Waals surface area contributed by atoms with Crippen LogP contribution in [-0.2, 0) is 59.3 Å². The van der Waals surface area contributed by atoms with Crippen LogP contribution in [0.25, 0.3) is 10.9 Å². The second-order valence-corrected chi connectivity index (χ2v) is 31.2. The van der Waals surface area contributed by atoms with E-state index in [4.69, 9.17) is 0 Å². The first-order valence-electron chi connectivity index (χ1n) is 37.2. The highest BCUT2D eigenvalue weighted by atomic mass is 16.3. The number of amides is 9. The SMILES string of the molecule is C/C=C/C[C@@H](C)[C@@H](O)[C@H]1C(=O)C[C@@H](CC)C(=O)N(C)C(C/C=C/CCC[n+]2ccc(O)c3ccccc32)C(=O)N(C)[C@@H](CC(C)C)C(=O)N[C@@H](C(C)C)C(=O)N(C)[C@@H](CC(C)C)C(=O)N[C@@H](C)C(=O)C[C@H](C)C(=O)N(C)[C@@H](CC(C)C)C(=O)N(C)[C@@H](CC(C)C)C(=O)N(C)[C@@H](C(C)C)C(=O)N1C. The Morgan fingerprint density at radius 2 is 0.990 bits per heavy atom. The number of pyridine rings is 1. The van der Waals surface area contributed by atoms with Crippen molar-refractivity contribution >= 4 is 75.6 Å². The van der Waals surface area contributed by atoms with E-state index >= 15 is 33.6 Å². The lowest BCUT2D eigenvalue weighted by Gasteiger charge is -2.41. The van der Waals surface area contributed by atoms with Crippen molar-refractivity contribution in [1.82, 2.24) is 44.9 Å². The van der Waals surface area contributed by atoms with Crippen molar-refractivity contribution in [2.24, 2.45) is 53.3 Å². The number of aromatic hydroxyl groups is 1. The van der Waals surface area contributed by atoms with E-state index in [2.05, 4.69) is 10.6 Å². The molecule has 0 spiro atoms. The van der Waals surface area contributed by atoms with E-state index < -0.39 is 161 Å². The monoisotopic (exact) mass is 1430 g/mol. The maximum absolute atomic E-state index is 15.6. The number of aryl methyl sites for hydroxylation is 1. The first-order valence-corrected chi connectivity index (χ1v) is 37.2. The van der Waals surface area contributed by atoms with Crippen molar-refractivity contribution < 1.29 is 67.5 Å². The molecule has 1 aliphatic rings. The summed E-state index contributed by atoms with van der Waals surface area (Å²) in [5.41, 5.74) is 0.850. The van der Waals surface area contributed by atoms with Crippen molar-refractivity contribution in [3.05, 3.63) is 60.8 Å². The number of aliphatic hydroxyl groups excluding tert-OH is 1. The van der Waals surface area contributed by atoms with E-state index in [0.717, 1.165) is 5.52 Å². The summed E-state index contributed by atoms with van der Waals surface area (Å²) >= 11 is 0. The van der Waals surface area contributed by atoms with Gasteiger partial charge in [0.15, 0.2) is 17.8 Å². The Morgan fingerprint density at radius 1 is 0.520 bits per heavy atom. The van der Waals surface area contributed by atoms with Crippen molar-refractivity contribution in [3.8, 4) is 5.75 Å². The van der Waals surface area contributed by atoms with Crippen molar-refractivity contribution in [3.63, 3.8) is 0 Å².